The minimum Gasteiger partial charge on any atom is -0.379 e. The second-order valence-corrected chi connectivity index (χ2v) is 3.95. The zero-order chi connectivity index (χ0) is 13.3. The van der Waals surface area contributed by atoms with Gasteiger partial charge in [-0.25, -0.2) is 0 Å². The van der Waals surface area contributed by atoms with E-state index in [-0.39, 0.29) is 0 Å². The molecule has 0 aromatic carbocycles. The van der Waals surface area contributed by atoms with Crippen LogP contribution in [0.2, 0.25) is 0 Å². The first kappa shape index (κ1) is 17.8. The van der Waals surface area contributed by atoms with E-state index in [1.54, 1.807) is 0 Å². The fourth-order valence-corrected chi connectivity index (χ4v) is 1.19. The molecule has 0 atom stereocenters. The molecule has 0 aliphatic carbocycles. The minimum absolute atomic E-state index is 0.606. The van der Waals surface area contributed by atoms with Crippen molar-refractivity contribution < 1.29 is 18.9 Å². The van der Waals surface area contributed by atoms with Crippen LogP contribution in [0.5, 0.6) is 0 Å². The molecule has 0 aliphatic heterocycles. The van der Waals surface area contributed by atoms with Crippen LogP contribution in [0.1, 0.15) is 26.2 Å². The summed E-state index contributed by atoms with van der Waals surface area (Å²) in [5.74, 6) is 0. The molecular weight excluding hydrogens is 234 g/mol. The molecule has 0 radical (unpaired) electrons. The smallest absolute Gasteiger partial charge is 0.0701 e. The van der Waals surface area contributed by atoms with Crippen LogP contribution in [0.15, 0.2) is 0 Å². The van der Waals surface area contributed by atoms with Crippen molar-refractivity contribution in [2.75, 3.05) is 59.4 Å². The molecule has 0 saturated carbocycles. The molecule has 18 heavy (non-hydrogen) atoms. The van der Waals surface area contributed by atoms with Gasteiger partial charge >= 0.3 is 0 Å². The molecular formula is C13H29NO4. The van der Waals surface area contributed by atoms with E-state index >= 15 is 0 Å². The Morgan fingerprint density at radius 3 is 1.39 bits per heavy atom. The quantitative estimate of drug-likeness (QED) is 0.450. The first-order chi connectivity index (χ1) is 8.91. The van der Waals surface area contributed by atoms with Gasteiger partial charge in [0.15, 0.2) is 0 Å². The van der Waals surface area contributed by atoms with Crippen LogP contribution in [0.4, 0.5) is 0 Å². The second kappa shape index (κ2) is 16.8. The highest BCUT2D eigenvalue weighted by atomic mass is 16.6. The first-order valence-electron chi connectivity index (χ1n) is 6.92. The Labute approximate surface area is 111 Å². The van der Waals surface area contributed by atoms with E-state index in [0.29, 0.717) is 52.8 Å². The lowest BCUT2D eigenvalue weighted by Gasteiger charge is -2.07. The number of nitrogens with two attached hydrogens (primary N) is 1. The number of hydrogen-bond donors (Lipinski definition) is 1. The molecule has 0 spiro atoms. The average Bonchev–Trinajstić information content (AvgIpc) is 2.39. The van der Waals surface area contributed by atoms with Crippen LogP contribution in [-0.2, 0) is 18.9 Å². The van der Waals surface area contributed by atoms with E-state index < -0.39 is 0 Å². The van der Waals surface area contributed by atoms with Gasteiger partial charge in [0.25, 0.3) is 0 Å². The Bertz CT molecular complexity index is 131. The van der Waals surface area contributed by atoms with Crippen molar-refractivity contribution >= 4 is 0 Å². The standard InChI is InChI=1S/C13H29NO4/c1-2-3-6-15-8-10-17-12-13-18-11-9-16-7-4-5-14/h2-14H2,1H3. The molecule has 0 aliphatic rings. The molecule has 110 valence electrons. The number of hydrogen-bond acceptors (Lipinski definition) is 5. The van der Waals surface area contributed by atoms with E-state index in [0.717, 1.165) is 19.4 Å². The van der Waals surface area contributed by atoms with E-state index in [2.05, 4.69) is 6.92 Å². The third kappa shape index (κ3) is 15.8. The molecule has 0 unspecified atom stereocenters. The summed E-state index contributed by atoms with van der Waals surface area (Å²) in [4.78, 5) is 0. The summed E-state index contributed by atoms with van der Waals surface area (Å²) in [6.07, 6.45) is 3.19. The maximum absolute atomic E-state index is 5.36. The lowest BCUT2D eigenvalue weighted by atomic mass is 10.4. The average molecular weight is 263 g/mol. The SMILES string of the molecule is CCCCOCCOCCOCCOCCCN. The fraction of sp³-hybridized carbons (Fsp3) is 1.00. The van der Waals surface area contributed by atoms with Crippen LogP contribution in [-0.4, -0.2) is 59.4 Å². The molecule has 5 heteroatoms. The number of rotatable bonds is 15. The predicted molar refractivity (Wildman–Crippen MR) is 71.9 cm³/mol. The van der Waals surface area contributed by atoms with Crippen LogP contribution in [0.3, 0.4) is 0 Å². The summed E-state index contributed by atoms with van der Waals surface area (Å²) in [5.41, 5.74) is 5.34. The van der Waals surface area contributed by atoms with Crippen LogP contribution in [0.25, 0.3) is 0 Å². The molecule has 5 nitrogen and oxygen atoms in total. The lowest BCUT2D eigenvalue weighted by Crippen LogP contribution is -2.13. The van der Waals surface area contributed by atoms with Crippen LogP contribution < -0.4 is 5.73 Å². The molecule has 0 heterocycles. The Morgan fingerprint density at radius 2 is 1.00 bits per heavy atom. The van der Waals surface area contributed by atoms with Crippen LogP contribution in [0, 0.1) is 0 Å². The van der Waals surface area contributed by atoms with Gasteiger partial charge in [-0.05, 0) is 19.4 Å². The maximum atomic E-state index is 5.36. The first-order valence-corrected chi connectivity index (χ1v) is 6.92. The van der Waals surface area contributed by atoms with Gasteiger partial charge in [0.1, 0.15) is 0 Å². The molecule has 0 aromatic heterocycles. The molecule has 0 amide bonds. The topological polar surface area (TPSA) is 62.9 Å². The van der Waals surface area contributed by atoms with Crippen molar-refractivity contribution in [1.29, 1.82) is 0 Å². The predicted octanol–water partition coefficient (Wildman–Crippen LogP) is 1.20. The Balaban J connectivity index is 2.86. The van der Waals surface area contributed by atoms with Crippen molar-refractivity contribution in [3.05, 3.63) is 0 Å². The summed E-state index contributed by atoms with van der Waals surface area (Å²) in [5, 5.41) is 0. The number of ether oxygens (including phenoxy) is 4. The van der Waals surface area contributed by atoms with Gasteiger partial charge in [-0.2, -0.15) is 0 Å². The van der Waals surface area contributed by atoms with Gasteiger partial charge in [0, 0.05) is 13.2 Å². The van der Waals surface area contributed by atoms with Crippen LogP contribution >= 0.6 is 0 Å². The fourth-order valence-electron chi connectivity index (χ4n) is 1.19. The molecule has 0 fully saturated rings. The summed E-state index contributed by atoms with van der Waals surface area (Å²) in [7, 11) is 0. The van der Waals surface area contributed by atoms with Gasteiger partial charge in [0.05, 0.1) is 39.6 Å². The van der Waals surface area contributed by atoms with Gasteiger partial charge in [0.2, 0.25) is 0 Å². The van der Waals surface area contributed by atoms with E-state index in [1.165, 1.54) is 6.42 Å². The van der Waals surface area contributed by atoms with E-state index in [9.17, 15) is 0 Å². The van der Waals surface area contributed by atoms with Crippen molar-refractivity contribution in [2.45, 2.75) is 26.2 Å². The highest BCUT2D eigenvalue weighted by Gasteiger charge is 1.92. The van der Waals surface area contributed by atoms with Crippen molar-refractivity contribution in [3.8, 4) is 0 Å². The third-order valence-electron chi connectivity index (χ3n) is 2.25. The Morgan fingerprint density at radius 1 is 0.611 bits per heavy atom. The largest absolute Gasteiger partial charge is 0.379 e. The Kier molecular flexibility index (Phi) is 16.6. The highest BCUT2D eigenvalue weighted by molar-refractivity contribution is 4.37. The van der Waals surface area contributed by atoms with Gasteiger partial charge in [-0.15, -0.1) is 0 Å². The van der Waals surface area contributed by atoms with Crippen molar-refractivity contribution in [2.24, 2.45) is 5.73 Å². The summed E-state index contributed by atoms with van der Waals surface area (Å²) >= 11 is 0. The van der Waals surface area contributed by atoms with Gasteiger partial charge in [-0.1, -0.05) is 13.3 Å². The monoisotopic (exact) mass is 263 g/mol. The number of unbranched alkanes of at least 4 members (excludes halogenated alkanes) is 1. The molecule has 0 saturated heterocycles. The van der Waals surface area contributed by atoms with E-state index in [1.807, 2.05) is 0 Å². The van der Waals surface area contributed by atoms with Gasteiger partial charge in [-0.3, -0.25) is 0 Å². The summed E-state index contributed by atoms with van der Waals surface area (Å²) < 4.78 is 21.3. The molecule has 2 N–H and O–H groups in total. The second-order valence-electron chi connectivity index (χ2n) is 3.95. The van der Waals surface area contributed by atoms with Gasteiger partial charge < -0.3 is 24.7 Å². The minimum atomic E-state index is 0.606. The Hall–Kier alpha value is -0.200. The zero-order valence-corrected chi connectivity index (χ0v) is 11.7. The lowest BCUT2D eigenvalue weighted by molar-refractivity contribution is -0.00209. The van der Waals surface area contributed by atoms with E-state index in [4.69, 9.17) is 24.7 Å². The normalized spacial score (nSPS) is 11.0. The molecule has 0 aromatic rings. The maximum Gasteiger partial charge on any atom is 0.0701 e. The van der Waals surface area contributed by atoms with Crippen molar-refractivity contribution in [3.63, 3.8) is 0 Å². The highest BCUT2D eigenvalue weighted by Crippen LogP contribution is 1.88. The summed E-state index contributed by atoms with van der Waals surface area (Å²) in [6.45, 7) is 8.13. The molecule has 0 rings (SSSR count). The third-order valence-corrected chi connectivity index (χ3v) is 2.25. The van der Waals surface area contributed by atoms with Crippen molar-refractivity contribution in [1.82, 2.24) is 0 Å². The molecule has 0 bridgehead atoms. The zero-order valence-electron chi connectivity index (χ0n) is 11.7. The summed E-state index contributed by atoms with van der Waals surface area (Å²) in [6, 6.07) is 0.